The third-order valence-corrected chi connectivity index (χ3v) is 3.15. The van der Waals surface area contributed by atoms with Gasteiger partial charge in [-0.05, 0) is 12.8 Å². The van der Waals surface area contributed by atoms with Crippen LogP contribution in [0.2, 0.25) is 0 Å². The molecule has 11 heavy (non-hydrogen) atoms. The van der Waals surface area contributed by atoms with Gasteiger partial charge in [-0.15, -0.1) is 0 Å². The van der Waals surface area contributed by atoms with Crippen molar-refractivity contribution in [2.24, 2.45) is 5.41 Å². The number of rotatable bonds is 0. The molecule has 1 heterocycles. The van der Waals surface area contributed by atoms with Crippen LogP contribution in [0.15, 0.2) is 0 Å². The highest BCUT2D eigenvalue weighted by molar-refractivity contribution is 5.03. The average molecular weight is 161 g/mol. The number of hydrogen-bond acceptors (Lipinski definition) is 1. The molecule has 0 aromatic carbocycles. The third kappa shape index (κ3) is 0.901. The highest BCUT2D eigenvalue weighted by atomic mass is 19.3. The van der Waals surface area contributed by atoms with Gasteiger partial charge in [0.05, 0.1) is 6.54 Å². The van der Waals surface area contributed by atoms with E-state index in [0.717, 1.165) is 12.8 Å². The van der Waals surface area contributed by atoms with E-state index < -0.39 is 11.3 Å². The van der Waals surface area contributed by atoms with Crippen molar-refractivity contribution in [3.63, 3.8) is 0 Å². The molecule has 0 radical (unpaired) electrons. The Morgan fingerprint density at radius 3 is 2.09 bits per heavy atom. The van der Waals surface area contributed by atoms with Crippen molar-refractivity contribution in [1.82, 2.24) is 5.32 Å². The zero-order chi connectivity index (χ0) is 7.95. The van der Waals surface area contributed by atoms with Gasteiger partial charge in [-0.1, -0.05) is 12.8 Å². The molecule has 1 saturated carbocycles. The fourth-order valence-electron chi connectivity index (χ4n) is 2.37. The van der Waals surface area contributed by atoms with E-state index in [0.29, 0.717) is 19.4 Å². The largest absolute Gasteiger partial charge is 0.310 e. The first kappa shape index (κ1) is 7.47. The molecule has 1 saturated heterocycles. The lowest BCUT2D eigenvalue weighted by Crippen LogP contribution is -2.37. The summed E-state index contributed by atoms with van der Waals surface area (Å²) in [6.07, 6.45) is 3.40. The lowest BCUT2D eigenvalue weighted by Gasteiger charge is -2.28. The van der Waals surface area contributed by atoms with Gasteiger partial charge in [-0.2, -0.15) is 0 Å². The summed E-state index contributed by atoms with van der Waals surface area (Å²) in [5, 5.41) is 2.80. The van der Waals surface area contributed by atoms with Crippen LogP contribution < -0.4 is 5.32 Å². The predicted molar refractivity (Wildman–Crippen MR) is 38.7 cm³/mol. The first-order valence-corrected chi connectivity index (χ1v) is 4.25. The lowest BCUT2D eigenvalue weighted by molar-refractivity contribution is -0.0798. The first-order chi connectivity index (χ1) is 5.16. The molecule has 0 aromatic heterocycles. The van der Waals surface area contributed by atoms with Crippen molar-refractivity contribution in [2.45, 2.75) is 31.6 Å². The summed E-state index contributed by atoms with van der Waals surface area (Å²) in [6.45, 7) is 0.424. The van der Waals surface area contributed by atoms with Crippen molar-refractivity contribution in [3.05, 3.63) is 0 Å². The molecule has 2 fully saturated rings. The maximum Gasteiger partial charge on any atom is 0.267 e. The summed E-state index contributed by atoms with van der Waals surface area (Å²) in [5.41, 5.74) is -0.660. The van der Waals surface area contributed by atoms with Crippen LogP contribution in [0.5, 0.6) is 0 Å². The Labute approximate surface area is 65.2 Å². The molecule has 1 aliphatic heterocycles. The zero-order valence-electron chi connectivity index (χ0n) is 6.50. The monoisotopic (exact) mass is 161 g/mol. The van der Waals surface area contributed by atoms with E-state index >= 15 is 0 Å². The standard InChI is InChI=1S/C8H13F2N/c9-8(10)6-11-5-7(8)3-1-2-4-7/h11H,1-6H2. The Bertz CT molecular complexity index is 156. The summed E-state index contributed by atoms with van der Waals surface area (Å²) in [6, 6.07) is 0. The van der Waals surface area contributed by atoms with E-state index in [2.05, 4.69) is 5.32 Å². The summed E-state index contributed by atoms with van der Waals surface area (Å²) in [4.78, 5) is 0. The predicted octanol–water partition coefficient (Wildman–Crippen LogP) is 1.79. The van der Waals surface area contributed by atoms with Gasteiger partial charge < -0.3 is 5.32 Å². The van der Waals surface area contributed by atoms with Gasteiger partial charge in [0, 0.05) is 12.0 Å². The van der Waals surface area contributed by atoms with Gasteiger partial charge in [0.15, 0.2) is 0 Å². The van der Waals surface area contributed by atoms with E-state index in [-0.39, 0.29) is 6.54 Å². The Hall–Kier alpha value is -0.180. The summed E-state index contributed by atoms with van der Waals surface area (Å²) >= 11 is 0. The fraction of sp³-hybridized carbons (Fsp3) is 1.00. The molecule has 64 valence electrons. The Morgan fingerprint density at radius 2 is 1.64 bits per heavy atom. The Kier molecular flexibility index (Phi) is 1.46. The van der Waals surface area contributed by atoms with Gasteiger partial charge >= 0.3 is 0 Å². The van der Waals surface area contributed by atoms with Gasteiger partial charge in [0.25, 0.3) is 5.92 Å². The maximum absolute atomic E-state index is 13.2. The van der Waals surface area contributed by atoms with E-state index in [1.165, 1.54) is 0 Å². The molecule has 0 aromatic rings. The van der Waals surface area contributed by atoms with E-state index in [9.17, 15) is 8.78 Å². The molecule has 1 spiro atoms. The molecule has 3 heteroatoms. The normalized spacial score (nSPS) is 33.3. The molecule has 1 nitrogen and oxygen atoms in total. The van der Waals surface area contributed by atoms with Crippen LogP contribution >= 0.6 is 0 Å². The van der Waals surface area contributed by atoms with Crippen LogP contribution in [0.1, 0.15) is 25.7 Å². The van der Waals surface area contributed by atoms with Gasteiger partial charge in [-0.3, -0.25) is 0 Å². The minimum Gasteiger partial charge on any atom is -0.310 e. The maximum atomic E-state index is 13.2. The molecule has 2 aliphatic rings. The molecule has 2 rings (SSSR count). The van der Waals surface area contributed by atoms with Crippen LogP contribution in [0.4, 0.5) is 8.78 Å². The Morgan fingerprint density at radius 1 is 1.00 bits per heavy atom. The number of halogens is 2. The minimum absolute atomic E-state index is 0.104. The quantitative estimate of drug-likeness (QED) is 0.571. The lowest BCUT2D eigenvalue weighted by atomic mass is 9.82. The van der Waals surface area contributed by atoms with Crippen LogP contribution in [0.25, 0.3) is 0 Å². The smallest absolute Gasteiger partial charge is 0.267 e. The van der Waals surface area contributed by atoms with Crippen molar-refractivity contribution in [3.8, 4) is 0 Å². The van der Waals surface area contributed by atoms with Gasteiger partial charge in [0.2, 0.25) is 0 Å². The van der Waals surface area contributed by atoms with Crippen LogP contribution in [-0.2, 0) is 0 Å². The van der Waals surface area contributed by atoms with Crippen LogP contribution in [0, 0.1) is 5.41 Å². The average Bonchev–Trinajstić information content (AvgIpc) is 2.45. The molecule has 0 unspecified atom stereocenters. The highest BCUT2D eigenvalue weighted by Crippen LogP contribution is 2.51. The van der Waals surface area contributed by atoms with Crippen LogP contribution in [0.3, 0.4) is 0 Å². The topological polar surface area (TPSA) is 12.0 Å². The number of alkyl halides is 2. The fourth-order valence-corrected chi connectivity index (χ4v) is 2.37. The zero-order valence-corrected chi connectivity index (χ0v) is 6.50. The molecule has 0 atom stereocenters. The van der Waals surface area contributed by atoms with Crippen molar-refractivity contribution < 1.29 is 8.78 Å². The van der Waals surface area contributed by atoms with E-state index in [1.54, 1.807) is 0 Å². The van der Waals surface area contributed by atoms with Crippen LogP contribution in [-0.4, -0.2) is 19.0 Å². The number of nitrogens with one attached hydrogen (secondary N) is 1. The van der Waals surface area contributed by atoms with Crippen molar-refractivity contribution in [2.75, 3.05) is 13.1 Å². The second kappa shape index (κ2) is 2.16. The second-order valence-electron chi connectivity index (χ2n) is 3.80. The molecule has 1 N–H and O–H groups in total. The molecular weight excluding hydrogens is 148 g/mol. The highest BCUT2D eigenvalue weighted by Gasteiger charge is 2.57. The molecular formula is C8H13F2N. The van der Waals surface area contributed by atoms with Crippen molar-refractivity contribution >= 4 is 0 Å². The third-order valence-electron chi connectivity index (χ3n) is 3.15. The van der Waals surface area contributed by atoms with Gasteiger partial charge in [-0.25, -0.2) is 8.78 Å². The van der Waals surface area contributed by atoms with Crippen molar-refractivity contribution in [1.29, 1.82) is 0 Å². The van der Waals surface area contributed by atoms with E-state index in [1.807, 2.05) is 0 Å². The second-order valence-corrected chi connectivity index (χ2v) is 3.80. The molecule has 0 bridgehead atoms. The molecule has 0 amide bonds. The van der Waals surface area contributed by atoms with Gasteiger partial charge in [0.1, 0.15) is 0 Å². The molecule has 1 aliphatic carbocycles. The Balaban J connectivity index is 2.22. The SMILES string of the molecule is FC1(F)CNCC12CCCC2. The number of hydrogen-bond donors (Lipinski definition) is 1. The van der Waals surface area contributed by atoms with E-state index in [4.69, 9.17) is 0 Å². The summed E-state index contributed by atoms with van der Waals surface area (Å²) < 4.78 is 26.5. The minimum atomic E-state index is -2.44. The first-order valence-electron chi connectivity index (χ1n) is 4.25. The summed E-state index contributed by atoms with van der Waals surface area (Å²) in [5.74, 6) is -2.44. The summed E-state index contributed by atoms with van der Waals surface area (Å²) in [7, 11) is 0.